The molecule has 9 heteroatoms. The third-order valence-electron chi connectivity index (χ3n) is 2.82. The first-order chi connectivity index (χ1) is 11.2. The number of hydrogen-bond donors (Lipinski definition) is 1. The van der Waals surface area contributed by atoms with Gasteiger partial charge in [-0.25, -0.2) is 0 Å². The van der Waals surface area contributed by atoms with Crippen LogP contribution < -0.4 is 10.1 Å². The number of alkyl halides is 3. The summed E-state index contributed by atoms with van der Waals surface area (Å²) in [6.45, 7) is 0. The number of halogens is 5. The van der Waals surface area contributed by atoms with Crippen LogP contribution in [0.15, 0.2) is 42.5 Å². The Labute approximate surface area is 144 Å². The SMILES string of the molecule is O=C(Nc1cccc(C(=O)Cl)c1Cl)c1ccccc1OC(F)(F)F. The average molecular weight is 378 g/mol. The Kier molecular flexibility index (Phi) is 5.36. The van der Waals surface area contributed by atoms with Crippen LogP contribution in [0.2, 0.25) is 5.02 Å². The first kappa shape index (κ1) is 18.1. The molecule has 0 radical (unpaired) electrons. The normalized spacial score (nSPS) is 11.0. The Bertz CT molecular complexity index is 794. The van der Waals surface area contributed by atoms with Crippen molar-refractivity contribution in [3.05, 3.63) is 58.6 Å². The van der Waals surface area contributed by atoms with E-state index in [-0.39, 0.29) is 21.8 Å². The lowest BCUT2D eigenvalue weighted by Crippen LogP contribution is -2.21. The molecule has 0 heterocycles. The zero-order valence-corrected chi connectivity index (χ0v) is 13.2. The molecule has 0 aliphatic carbocycles. The van der Waals surface area contributed by atoms with Gasteiger partial charge in [-0.2, -0.15) is 0 Å². The van der Waals surface area contributed by atoms with Crippen molar-refractivity contribution in [1.29, 1.82) is 0 Å². The number of hydrogen-bond acceptors (Lipinski definition) is 3. The van der Waals surface area contributed by atoms with Crippen LogP contribution >= 0.6 is 23.2 Å². The maximum Gasteiger partial charge on any atom is 0.573 e. The van der Waals surface area contributed by atoms with E-state index < -0.39 is 23.3 Å². The number of carbonyl (C=O) groups excluding carboxylic acids is 2. The molecule has 0 saturated carbocycles. The van der Waals surface area contributed by atoms with Crippen molar-refractivity contribution in [1.82, 2.24) is 0 Å². The molecule has 1 amide bonds. The quantitative estimate of drug-likeness (QED) is 0.773. The van der Waals surface area contributed by atoms with Gasteiger partial charge in [-0.15, -0.1) is 13.2 Å². The number of anilines is 1. The highest BCUT2D eigenvalue weighted by Gasteiger charge is 2.33. The summed E-state index contributed by atoms with van der Waals surface area (Å²) in [5, 5.41) is 1.36. The summed E-state index contributed by atoms with van der Waals surface area (Å²) in [5.41, 5.74) is -0.376. The van der Waals surface area contributed by atoms with Crippen LogP contribution in [0, 0.1) is 0 Å². The van der Waals surface area contributed by atoms with Crippen LogP contribution in [0.3, 0.4) is 0 Å². The third-order valence-corrected chi connectivity index (χ3v) is 3.43. The van der Waals surface area contributed by atoms with E-state index in [2.05, 4.69) is 10.1 Å². The standard InChI is InChI=1S/C15H8Cl2F3NO3/c16-12-9(13(17)22)5-3-6-10(12)21-14(23)8-4-1-2-7-11(8)24-15(18,19)20/h1-7H,(H,21,23). The Morgan fingerprint density at radius 3 is 2.25 bits per heavy atom. The monoisotopic (exact) mass is 377 g/mol. The van der Waals surface area contributed by atoms with Crippen molar-refractivity contribution < 1.29 is 27.5 Å². The molecular weight excluding hydrogens is 370 g/mol. The van der Waals surface area contributed by atoms with Crippen molar-refractivity contribution in [3.63, 3.8) is 0 Å². The molecule has 24 heavy (non-hydrogen) atoms. The van der Waals surface area contributed by atoms with Crippen molar-refractivity contribution in [3.8, 4) is 5.75 Å². The van der Waals surface area contributed by atoms with E-state index in [0.717, 1.165) is 12.1 Å². The molecule has 1 N–H and O–H groups in total. The summed E-state index contributed by atoms with van der Waals surface area (Å²) >= 11 is 11.3. The number of nitrogens with one attached hydrogen (secondary N) is 1. The molecule has 0 spiro atoms. The number of para-hydroxylation sites is 1. The second kappa shape index (κ2) is 7.11. The molecule has 0 aromatic heterocycles. The maximum absolute atomic E-state index is 12.4. The van der Waals surface area contributed by atoms with Gasteiger partial charge in [0.1, 0.15) is 5.75 Å². The predicted molar refractivity (Wildman–Crippen MR) is 82.7 cm³/mol. The lowest BCUT2D eigenvalue weighted by molar-refractivity contribution is -0.274. The van der Waals surface area contributed by atoms with Gasteiger partial charge >= 0.3 is 6.36 Å². The Morgan fingerprint density at radius 2 is 1.62 bits per heavy atom. The zero-order valence-electron chi connectivity index (χ0n) is 11.7. The maximum atomic E-state index is 12.4. The van der Waals surface area contributed by atoms with Gasteiger partial charge in [0.15, 0.2) is 0 Å². The lowest BCUT2D eigenvalue weighted by Gasteiger charge is -2.14. The number of ether oxygens (including phenoxy) is 1. The minimum atomic E-state index is -4.95. The first-order valence-electron chi connectivity index (χ1n) is 6.33. The minimum Gasteiger partial charge on any atom is -0.405 e. The van der Waals surface area contributed by atoms with Crippen molar-refractivity contribution in [2.45, 2.75) is 6.36 Å². The largest absolute Gasteiger partial charge is 0.573 e. The lowest BCUT2D eigenvalue weighted by atomic mass is 10.1. The van der Waals surface area contributed by atoms with Crippen LogP contribution in [0.5, 0.6) is 5.75 Å². The van der Waals surface area contributed by atoms with Crippen molar-refractivity contribution in [2.75, 3.05) is 5.32 Å². The fourth-order valence-electron chi connectivity index (χ4n) is 1.84. The van der Waals surface area contributed by atoms with Crippen LogP contribution in [-0.2, 0) is 0 Å². The van der Waals surface area contributed by atoms with Crippen LogP contribution in [0.25, 0.3) is 0 Å². The molecule has 2 aromatic carbocycles. The first-order valence-corrected chi connectivity index (χ1v) is 7.09. The van der Waals surface area contributed by atoms with E-state index in [1.807, 2.05) is 0 Å². The number of rotatable bonds is 4. The molecular formula is C15H8Cl2F3NO3. The minimum absolute atomic E-state index is 0.0231. The summed E-state index contributed by atoms with van der Waals surface area (Å²) in [7, 11) is 0. The molecule has 0 aliphatic heterocycles. The average Bonchev–Trinajstić information content (AvgIpc) is 2.48. The van der Waals surface area contributed by atoms with Gasteiger partial charge < -0.3 is 10.1 Å². The molecule has 0 unspecified atom stereocenters. The number of carbonyl (C=O) groups is 2. The summed E-state index contributed by atoms with van der Waals surface area (Å²) in [4.78, 5) is 23.4. The Balaban J connectivity index is 2.32. The molecule has 0 aliphatic rings. The number of amides is 1. The van der Waals surface area contributed by atoms with E-state index >= 15 is 0 Å². The van der Waals surface area contributed by atoms with Gasteiger partial charge in [-0.1, -0.05) is 29.8 Å². The van der Waals surface area contributed by atoms with Crippen LogP contribution in [0.4, 0.5) is 18.9 Å². The van der Waals surface area contributed by atoms with Gasteiger partial charge in [-0.3, -0.25) is 9.59 Å². The van der Waals surface area contributed by atoms with E-state index in [1.54, 1.807) is 0 Å². The smallest absolute Gasteiger partial charge is 0.405 e. The zero-order chi connectivity index (χ0) is 17.9. The van der Waals surface area contributed by atoms with Gasteiger partial charge in [0.2, 0.25) is 0 Å². The topological polar surface area (TPSA) is 55.4 Å². The molecule has 0 bridgehead atoms. The Hall–Kier alpha value is -2.25. The molecule has 2 aromatic rings. The summed E-state index contributed by atoms with van der Waals surface area (Å²) in [6, 6.07) is 8.94. The highest BCUT2D eigenvalue weighted by atomic mass is 35.5. The van der Waals surface area contributed by atoms with E-state index in [9.17, 15) is 22.8 Å². The Morgan fingerprint density at radius 1 is 1.00 bits per heavy atom. The predicted octanol–water partition coefficient (Wildman–Crippen LogP) is 4.87. The van der Waals surface area contributed by atoms with E-state index in [4.69, 9.17) is 23.2 Å². The molecule has 0 fully saturated rings. The third kappa shape index (κ3) is 4.39. The van der Waals surface area contributed by atoms with Crippen molar-refractivity contribution in [2.24, 2.45) is 0 Å². The summed E-state index contributed by atoms with van der Waals surface area (Å²) < 4.78 is 41.0. The van der Waals surface area contributed by atoms with Gasteiger partial charge in [0.25, 0.3) is 11.1 Å². The van der Waals surface area contributed by atoms with Crippen LogP contribution in [0.1, 0.15) is 20.7 Å². The molecule has 0 atom stereocenters. The van der Waals surface area contributed by atoms with Gasteiger partial charge in [0, 0.05) is 0 Å². The van der Waals surface area contributed by atoms with E-state index in [1.165, 1.54) is 30.3 Å². The highest BCUT2D eigenvalue weighted by Crippen LogP contribution is 2.30. The fraction of sp³-hybridized carbons (Fsp3) is 0.0667. The summed E-state index contributed by atoms with van der Waals surface area (Å²) in [6.07, 6.45) is -4.95. The molecule has 126 valence electrons. The van der Waals surface area contributed by atoms with Gasteiger partial charge in [-0.05, 0) is 35.9 Å². The second-order valence-electron chi connectivity index (χ2n) is 4.44. The summed E-state index contributed by atoms with van der Waals surface area (Å²) in [5.74, 6) is -1.56. The molecule has 4 nitrogen and oxygen atoms in total. The molecule has 0 saturated heterocycles. The van der Waals surface area contributed by atoms with E-state index in [0.29, 0.717) is 0 Å². The van der Waals surface area contributed by atoms with Gasteiger partial charge in [0.05, 0.1) is 21.8 Å². The van der Waals surface area contributed by atoms with Crippen LogP contribution in [-0.4, -0.2) is 17.5 Å². The highest BCUT2D eigenvalue weighted by molar-refractivity contribution is 6.69. The van der Waals surface area contributed by atoms with Crippen molar-refractivity contribution >= 4 is 40.0 Å². The fourth-order valence-corrected chi connectivity index (χ4v) is 2.30. The molecule has 2 rings (SSSR count). The second-order valence-corrected chi connectivity index (χ2v) is 5.16. The number of benzene rings is 2.